The molecule has 0 radical (unpaired) electrons. The maximum atomic E-state index is 11.0. The van der Waals surface area contributed by atoms with Crippen molar-refractivity contribution in [1.82, 2.24) is 0 Å². The summed E-state index contributed by atoms with van der Waals surface area (Å²) in [5.74, 6) is -0.216. The maximum absolute atomic E-state index is 11.0. The van der Waals surface area contributed by atoms with Crippen molar-refractivity contribution < 1.29 is 9.53 Å². The summed E-state index contributed by atoms with van der Waals surface area (Å²) < 4.78 is 5.22. The third-order valence-corrected chi connectivity index (χ3v) is 4.43. The highest BCUT2D eigenvalue weighted by molar-refractivity contribution is 5.83. The molecule has 0 aliphatic heterocycles. The Labute approximate surface area is 146 Å². The molecule has 0 fully saturated rings. The van der Waals surface area contributed by atoms with Gasteiger partial charge in [0.05, 0.1) is 0 Å². The first kappa shape index (κ1) is 18.5. The van der Waals surface area contributed by atoms with Crippen LogP contribution in [-0.2, 0) is 22.4 Å². The lowest BCUT2D eigenvalue weighted by Gasteiger charge is -2.12. The van der Waals surface area contributed by atoms with Gasteiger partial charge >= 0.3 is 5.97 Å². The molecule has 0 aromatic heterocycles. The van der Waals surface area contributed by atoms with E-state index in [9.17, 15) is 4.79 Å². The molecule has 0 saturated carbocycles. The Balaban J connectivity index is 1.96. The molecule has 2 rings (SSSR count). The Morgan fingerprint density at radius 1 is 0.958 bits per heavy atom. The first-order valence-corrected chi connectivity index (χ1v) is 9.27. The molecule has 1 unspecified atom stereocenters. The fraction of sp³-hybridized carbons (Fsp3) is 0.500. The first-order chi connectivity index (χ1) is 11.6. The monoisotopic (exact) mass is 326 g/mol. The molecular formula is C22H30O2. The van der Waals surface area contributed by atoms with Gasteiger partial charge < -0.3 is 4.74 Å². The van der Waals surface area contributed by atoms with Crippen molar-refractivity contribution in [2.75, 3.05) is 0 Å². The minimum absolute atomic E-state index is 0.0812. The number of hydrogen-bond donors (Lipinski definition) is 0. The number of rotatable bonds is 9. The molecule has 0 heterocycles. The van der Waals surface area contributed by atoms with Crippen LogP contribution in [-0.4, -0.2) is 12.1 Å². The SMILES string of the molecule is CCCCCCCc1ccc2cc(CC(C)OC(C)=O)ccc2c1. The minimum Gasteiger partial charge on any atom is -0.463 e. The summed E-state index contributed by atoms with van der Waals surface area (Å²) in [6.45, 7) is 5.65. The summed E-state index contributed by atoms with van der Waals surface area (Å²) in [6.07, 6.45) is 8.47. The van der Waals surface area contributed by atoms with Gasteiger partial charge in [0, 0.05) is 13.3 Å². The minimum atomic E-state index is -0.216. The van der Waals surface area contributed by atoms with Crippen molar-refractivity contribution in [2.45, 2.75) is 71.8 Å². The lowest BCUT2D eigenvalue weighted by Crippen LogP contribution is -2.14. The molecule has 1 atom stereocenters. The van der Waals surface area contributed by atoms with Crippen LogP contribution in [0.3, 0.4) is 0 Å². The van der Waals surface area contributed by atoms with Gasteiger partial charge in [-0.2, -0.15) is 0 Å². The molecule has 0 aliphatic rings. The van der Waals surface area contributed by atoms with Crippen LogP contribution in [0.15, 0.2) is 36.4 Å². The maximum Gasteiger partial charge on any atom is 0.302 e. The zero-order chi connectivity index (χ0) is 17.4. The summed E-state index contributed by atoms with van der Waals surface area (Å²) in [5, 5.41) is 2.56. The summed E-state index contributed by atoms with van der Waals surface area (Å²) in [7, 11) is 0. The zero-order valence-electron chi connectivity index (χ0n) is 15.3. The molecule has 2 nitrogen and oxygen atoms in total. The van der Waals surface area contributed by atoms with Crippen molar-refractivity contribution in [2.24, 2.45) is 0 Å². The molecule has 0 N–H and O–H groups in total. The zero-order valence-corrected chi connectivity index (χ0v) is 15.3. The predicted octanol–water partition coefficient (Wildman–Crippen LogP) is 5.85. The summed E-state index contributed by atoms with van der Waals surface area (Å²) in [4.78, 5) is 11.0. The second kappa shape index (κ2) is 9.46. The van der Waals surface area contributed by atoms with Gasteiger partial charge in [0.2, 0.25) is 0 Å². The van der Waals surface area contributed by atoms with Crippen LogP contribution < -0.4 is 0 Å². The molecule has 2 aromatic carbocycles. The molecule has 0 bridgehead atoms. The van der Waals surface area contributed by atoms with E-state index in [-0.39, 0.29) is 12.1 Å². The average Bonchev–Trinajstić information content (AvgIpc) is 2.54. The largest absolute Gasteiger partial charge is 0.463 e. The number of hydrogen-bond acceptors (Lipinski definition) is 2. The van der Waals surface area contributed by atoms with Gasteiger partial charge in [-0.05, 0) is 41.7 Å². The highest BCUT2D eigenvalue weighted by Crippen LogP contribution is 2.20. The van der Waals surface area contributed by atoms with Crippen LogP contribution in [0.4, 0.5) is 0 Å². The van der Waals surface area contributed by atoms with E-state index in [0.717, 1.165) is 6.42 Å². The molecule has 2 heteroatoms. The van der Waals surface area contributed by atoms with E-state index in [4.69, 9.17) is 4.74 Å². The van der Waals surface area contributed by atoms with Crippen molar-refractivity contribution in [1.29, 1.82) is 0 Å². The van der Waals surface area contributed by atoms with Gasteiger partial charge in [0.15, 0.2) is 0 Å². The lowest BCUT2D eigenvalue weighted by atomic mass is 9.99. The van der Waals surface area contributed by atoms with E-state index in [2.05, 4.69) is 43.3 Å². The average molecular weight is 326 g/mol. The topological polar surface area (TPSA) is 26.3 Å². The molecule has 2 aromatic rings. The molecule has 0 spiro atoms. The molecule has 0 amide bonds. The van der Waals surface area contributed by atoms with E-state index < -0.39 is 0 Å². The van der Waals surface area contributed by atoms with Crippen LogP contribution in [0, 0.1) is 0 Å². The van der Waals surface area contributed by atoms with Crippen molar-refractivity contribution in [3.63, 3.8) is 0 Å². The summed E-state index contributed by atoms with van der Waals surface area (Å²) in [6, 6.07) is 13.3. The highest BCUT2D eigenvalue weighted by Gasteiger charge is 2.07. The fourth-order valence-corrected chi connectivity index (χ4v) is 3.22. The molecular weight excluding hydrogens is 296 g/mol. The van der Waals surface area contributed by atoms with E-state index in [1.54, 1.807) is 0 Å². The number of benzene rings is 2. The van der Waals surface area contributed by atoms with Crippen molar-refractivity contribution in [3.8, 4) is 0 Å². The Hall–Kier alpha value is -1.83. The third kappa shape index (κ3) is 5.99. The van der Waals surface area contributed by atoms with Gasteiger partial charge in [0.1, 0.15) is 6.10 Å². The van der Waals surface area contributed by atoms with Gasteiger partial charge in [-0.1, -0.05) is 69.0 Å². The Bertz CT molecular complexity index is 660. The first-order valence-electron chi connectivity index (χ1n) is 9.27. The highest BCUT2D eigenvalue weighted by atomic mass is 16.5. The smallest absolute Gasteiger partial charge is 0.302 e. The van der Waals surface area contributed by atoms with Crippen molar-refractivity contribution in [3.05, 3.63) is 47.5 Å². The number of carbonyl (C=O) groups excluding carboxylic acids is 1. The van der Waals surface area contributed by atoms with Gasteiger partial charge in [-0.15, -0.1) is 0 Å². The molecule has 0 aliphatic carbocycles. The Morgan fingerprint density at radius 3 is 2.25 bits per heavy atom. The molecule has 0 saturated heterocycles. The van der Waals surface area contributed by atoms with Crippen molar-refractivity contribution >= 4 is 16.7 Å². The number of fused-ring (bicyclic) bond motifs is 1. The fourth-order valence-electron chi connectivity index (χ4n) is 3.22. The van der Waals surface area contributed by atoms with E-state index in [1.807, 2.05) is 6.92 Å². The van der Waals surface area contributed by atoms with Gasteiger partial charge in [0.25, 0.3) is 0 Å². The van der Waals surface area contributed by atoms with E-state index in [0.29, 0.717) is 0 Å². The number of ether oxygens (including phenoxy) is 1. The lowest BCUT2D eigenvalue weighted by molar-refractivity contribution is -0.145. The Kier molecular flexibility index (Phi) is 7.30. The normalized spacial score (nSPS) is 12.3. The Morgan fingerprint density at radius 2 is 1.58 bits per heavy atom. The van der Waals surface area contributed by atoms with Gasteiger partial charge in [-0.25, -0.2) is 0 Å². The van der Waals surface area contributed by atoms with Crippen LogP contribution in [0.5, 0.6) is 0 Å². The molecule has 24 heavy (non-hydrogen) atoms. The number of esters is 1. The number of aryl methyl sites for hydroxylation is 1. The number of unbranched alkanes of at least 4 members (excludes halogenated alkanes) is 4. The van der Waals surface area contributed by atoms with Crippen LogP contribution in [0.25, 0.3) is 10.8 Å². The second-order valence-corrected chi connectivity index (χ2v) is 6.80. The van der Waals surface area contributed by atoms with E-state index >= 15 is 0 Å². The van der Waals surface area contributed by atoms with Gasteiger partial charge in [-0.3, -0.25) is 4.79 Å². The van der Waals surface area contributed by atoms with Crippen LogP contribution in [0.1, 0.15) is 64.0 Å². The second-order valence-electron chi connectivity index (χ2n) is 6.80. The standard InChI is InChI=1S/C22H30O2/c1-4-5-6-7-8-9-19-10-12-22-16-20(11-13-21(22)15-19)14-17(2)24-18(3)23/h10-13,15-17H,4-9,14H2,1-3H3. The number of carbonyl (C=O) groups is 1. The third-order valence-electron chi connectivity index (χ3n) is 4.43. The molecule has 130 valence electrons. The van der Waals surface area contributed by atoms with E-state index in [1.165, 1.54) is 67.3 Å². The quantitative estimate of drug-likeness (QED) is 0.427. The van der Waals surface area contributed by atoms with Crippen LogP contribution >= 0.6 is 0 Å². The summed E-state index contributed by atoms with van der Waals surface area (Å²) >= 11 is 0. The van der Waals surface area contributed by atoms with Crippen LogP contribution in [0.2, 0.25) is 0 Å². The summed E-state index contributed by atoms with van der Waals surface area (Å²) in [5.41, 5.74) is 2.64. The predicted molar refractivity (Wildman–Crippen MR) is 101 cm³/mol.